The number of aromatic nitrogens is 2. The first-order valence-electron chi connectivity index (χ1n) is 8.38. The number of amides is 2. The quantitative estimate of drug-likeness (QED) is 0.650. The van der Waals surface area contributed by atoms with Gasteiger partial charge in [0.05, 0.1) is 31.3 Å². The number of imidazole rings is 1. The number of fused-ring (bicyclic) bond motifs is 1. The summed E-state index contributed by atoms with van der Waals surface area (Å²) in [5.74, 6) is -0.876. The van der Waals surface area contributed by atoms with Gasteiger partial charge in [-0.05, 0) is 6.42 Å². The second-order valence-corrected chi connectivity index (χ2v) is 8.57. The first-order valence-corrected chi connectivity index (χ1v) is 9.99. The van der Waals surface area contributed by atoms with Crippen molar-refractivity contribution in [3.05, 3.63) is 18.2 Å². The van der Waals surface area contributed by atoms with Crippen molar-refractivity contribution in [1.82, 2.24) is 24.1 Å². The molecule has 144 valence electrons. The summed E-state index contributed by atoms with van der Waals surface area (Å²) in [4.78, 5) is 30.9. The molecule has 2 amide bonds. The highest BCUT2D eigenvalue weighted by Gasteiger charge is 2.45. The van der Waals surface area contributed by atoms with Gasteiger partial charge in [0.25, 0.3) is 11.8 Å². The Morgan fingerprint density at radius 2 is 2.23 bits per heavy atom. The van der Waals surface area contributed by atoms with E-state index >= 15 is 0 Å². The van der Waals surface area contributed by atoms with Gasteiger partial charge >= 0.3 is 0 Å². The summed E-state index contributed by atoms with van der Waals surface area (Å²) in [5.41, 5.74) is 0.310. The molecule has 26 heavy (non-hydrogen) atoms. The van der Waals surface area contributed by atoms with Gasteiger partial charge in [0.15, 0.2) is 0 Å². The van der Waals surface area contributed by atoms with Crippen LogP contribution in [0.25, 0.3) is 0 Å². The van der Waals surface area contributed by atoms with Crippen LogP contribution in [-0.4, -0.2) is 90.2 Å². The molecule has 0 aliphatic carbocycles. The SMILES string of the molecule is COCCN1C(=O)[C@@H]2C[C@H](NC(=O)c3cn(C)cn3)CN2CCS1(=O)=O. The number of hydrogen-bond acceptors (Lipinski definition) is 7. The molecule has 3 rings (SSSR count). The summed E-state index contributed by atoms with van der Waals surface area (Å²) in [5, 5.41) is 2.88. The van der Waals surface area contributed by atoms with Crippen molar-refractivity contribution in [1.29, 1.82) is 0 Å². The van der Waals surface area contributed by atoms with Crippen LogP contribution in [0.5, 0.6) is 0 Å². The molecule has 0 bridgehead atoms. The van der Waals surface area contributed by atoms with Crippen LogP contribution < -0.4 is 5.32 Å². The summed E-state index contributed by atoms with van der Waals surface area (Å²) in [6.07, 6.45) is 3.53. The fourth-order valence-electron chi connectivity index (χ4n) is 3.37. The molecule has 0 spiro atoms. The molecular formula is C15H23N5O5S. The van der Waals surface area contributed by atoms with Gasteiger partial charge in [-0.3, -0.25) is 14.5 Å². The Morgan fingerprint density at radius 3 is 2.88 bits per heavy atom. The minimum absolute atomic E-state index is 0.00691. The van der Waals surface area contributed by atoms with Gasteiger partial charge in [-0.2, -0.15) is 0 Å². The van der Waals surface area contributed by atoms with Crippen molar-refractivity contribution in [2.24, 2.45) is 7.05 Å². The van der Waals surface area contributed by atoms with E-state index in [9.17, 15) is 18.0 Å². The number of rotatable bonds is 5. The number of methoxy groups -OCH3 is 1. The van der Waals surface area contributed by atoms with Crippen molar-refractivity contribution < 1.29 is 22.7 Å². The zero-order chi connectivity index (χ0) is 18.9. The molecule has 0 aromatic carbocycles. The number of carbonyl (C=O) groups is 2. The molecule has 0 saturated carbocycles. The summed E-state index contributed by atoms with van der Waals surface area (Å²) in [6, 6.07) is -0.790. The van der Waals surface area contributed by atoms with Crippen LogP contribution >= 0.6 is 0 Å². The fourth-order valence-corrected chi connectivity index (χ4v) is 4.81. The molecule has 11 heteroatoms. The number of ether oxygens (including phenoxy) is 1. The lowest BCUT2D eigenvalue weighted by Gasteiger charge is -2.23. The fraction of sp³-hybridized carbons (Fsp3) is 0.667. The van der Waals surface area contributed by atoms with Gasteiger partial charge < -0.3 is 14.6 Å². The van der Waals surface area contributed by atoms with Gasteiger partial charge in [0.2, 0.25) is 10.0 Å². The van der Waals surface area contributed by atoms with Crippen molar-refractivity contribution in [2.75, 3.05) is 39.1 Å². The van der Waals surface area contributed by atoms with Crippen molar-refractivity contribution in [3.63, 3.8) is 0 Å². The lowest BCUT2D eigenvalue weighted by molar-refractivity contribution is -0.131. The second kappa shape index (κ2) is 7.33. The standard InChI is InChI=1S/C15H23N5O5S/c1-18-9-12(16-10-18)14(21)17-11-7-13-15(22)20(3-5-25-2)26(23,24)6-4-19(13)8-11/h9-11,13H,3-8H2,1-2H3,(H,17,21)/t11-,13-/m0/s1. The Hall–Kier alpha value is -1.98. The Labute approximate surface area is 152 Å². The highest BCUT2D eigenvalue weighted by molar-refractivity contribution is 7.89. The Bertz CT molecular complexity index is 792. The summed E-state index contributed by atoms with van der Waals surface area (Å²) in [7, 11) is -0.409. The third-order valence-corrected chi connectivity index (χ3v) is 6.41. The molecule has 1 N–H and O–H groups in total. The van der Waals surface area contributed by atoms with E-state index in [0.717, 1.165) is 4.31 Å². The molecular weight excluding hydrogens is 362 g/mol. The maximum absolute atomic E-state index is 12.8. The van der Waals surface area contributed by atoms with E-state index in [-0.39, 0.29) is 37.4 Å². The third kappa shape index (κ3) is 3.74. The normalized spacial score (nSPS) is 25.8. The first kappa shape index (κ1) is 18.8. The average molecular weight is 385 g/mol. The van der Waals surface area contributed by atoms with Gasteiger partial charge in [0, 0.05) is 39.5 Å². The number of hydrogen-bond donors (Lipinski definition) is 1. The smallest absolute Gasteiger partial charge is 0.271 e. The van der Waals surface area contributed by atoms with Crippen LogP contribution in [0.15, 0.2) is 12.5 Å². The molecule has 2 atom stereocenters. The molecule has 0 radical (unpaired) electrons. The van der Waals surface area contributed by atoms with Crippen LogP contribution in [0, 0.1) is 0 Å². The first-order chi connectivity index (χ1) is 12.3. The summed E-state index contributed by atoms with van der Waals surface area (Å²) >= 11 is 0. The van der Waals surface area contributed by atoms with Gasteiger partial charge in [0.1, 0.15) is 5.69 Å². The average Bonchev–Trinajstić information content (AvgIpc) is 3.17. The van der Waals surface area contributed by atoms with E-state index in [2.05, 4.69) is 10.3 Å². The number of nitrogens with zero attached hydrogens (tertiary/aromatic N) is 4. The highest BCUT2D eigenvalue weighted by atomic mass is 32.2. The van der Waals surface area contributed by atoms with E-state index in [1.807, 2.05) is 4.90 Å². The predicted molar refractivity (Wildman–Crippen MR) is 91.8 cm³/mol. The van der Waals surface area contributed by atoms with Gasteiger partial charge in [-0.1, -0.05) is 0 Å². The molecule has 10 nitrogen and oxygen atoms in total. The van der Waals surface area contributed by atoms with Crippen LogP contribution in [0.1, 0.15) is 16.9 Å². The second-order valence-electron chi connectivity index (χ2n) is 6.56. The summed E-state index contributed by atoms with van der Waals surface area (Å²) in [6.45, 7) is 0.852. The lowest BCUT2D eigenvalue weighted by atomic mass is 10.1. The lowest BCUT2D eigenvalue weighted by Crippen LogP contribution is -2.45. The van der Waals surface area contributed by atoms with Gasteiger partial charge in [-0.15, -0.1) is 0 Å². The zero-order valence-corrected chi connectivity index (χ0v) is 15.6. The maximum Gasteiger partial charge on any atom is 0.271 e. The molecule has 1 aromatic heterocycles. The van der Waals surface area contributed by atoms with Crippen LogP contribution in [0.2, 0.25) is 0 Å². The van der Waals surface area contributed by atoms with E-state index < -0.39 is 22.0 Å². The Balaban J connectivity index is 1.69. The van der Waals surface area contributed by atoms with Crippen LogP contribution in [0.3, 0.4) is 0 Å². The van der Waals surface area contributed by atoms with E-state index in [4.69, 9.17) is 4.74 Å². The zero-order valence-electron chi connectivity index (χ0n) is 14.8. The van der Waals surface area contributed by atoms with Crippen molar-refractivity contribution in [2.45, 2.75) is 18.5 Å². The third-order valence-electron chi connectivity index (χ3n) is 4.68. The minimum Gasteiger partial charge on any atom is -0.383 e. The summed E-state index contributed by atoms with van der Waals surface area (Å²) < 4.78 is 32.2. The number of sulfonamides is 1. The van der Waals surface area contributed by atoms with E-state index in [1.54, 1.807) is 24.1 Å². The largest absolute Gasteiger partial charge is 0.383 e. The Kier molecular flexibility index (Phi) is 5.30. The van der Waals surface area contributed by atoms with E-state index in [1.165, 1.54) is 7.11 Å². The monoisotopic (exact) mass is 385 g/mol. The molecule has 2 aliphatic rings. The minimum atomic E-state index is -3.64. The van der Waals surface area contributed by atoms with Crippen LogP contribution in [-0.2, 0) is 26.6 Å². The molecule has 3 heterocycles. The predicted octanol–water partition coefficient (Wildman–Crippen LogP) is -1.59. The molecule has 2 saturated heterocycles. The van der Waals surface area contributed by atoms with Crippen molar-refractivity contribution >= 4 is 21.8 Å². The number of aryl methyl sites for hydroxylation is 1. The number of nitrogens with one attached hydrogen (secondary N) is 1. The Morgan fingerprint density at radius 1 is 1.46 bits per heavy atom. The molecule has 1 aromatic rings. The van der Waals surface area contributed by atoms with Gasteiger partial charge in [-0.25, -0.2) is 17.7 Å². The molecule has 2 aliphatic heterocycles. The number of carbonyl (C=O) groups excluding carboxylic acids is 2. The molecule has 2 fully saturated rings. The topological polar surface area (TPSA) is 114 Å². The maximum atomic E-state index is 12.8. The van der Waals surface area contributed by atoms with Crippen molar-refractivity contribution in [3.8, 4) is 0 Å². The molecule has 0 unspecified atom stereocenters. The highest BCUT2D eigenvalue weighted by Crippen LogP contribution is 2.24. The van der Waals surface area contributed by atoms with Crippen LogP contribution in [0.4, 0.5) is 0 Å². The van der Waals surface area contributed by atoms with E-state index in [0.29, 0.717) is 18.7 Å².